The molecule has 0 aromatic carbocycles. The highest BCUT2D eigenvalue weighted by atomic mass is 16.5. The Labute approximate surface area is 84.5 Å². The van der Waals surface area contributed by atoms with E-state index in [9.17, 15) is 4.79 Å². The molecule has 0 unspecified atom stereocenters. The van der Waals surface area contributed by atoms with E-state index in [0.717, 1.165) is 5.56 Å². The molecule has 0 aliphatic heterocycles. The number of esters is 1. The van der Waals surface area contributed by atoms with Crippen LogP contribution in [0, 0.1) is 0 Å². The van der Waals surface area contributed by atoms with E-state index in [1.807, 2.05) is 6.07 Å². The Hall–Kier alpha value is -1.25. The molecule has 1 N–H and O–H groups in total. The lowest BCUT2D eigenvalue weighted by Crippen LogP contribution is -2.17. The van der Waals surface area contributed by atoms with Crippen molar-refractivity contribution in [3.05, 3.63) is 23.5 Å². The fourth-order valence-electron chi connectivity index (χ4n) is 1.37. The van der Waals surface area contributed by atoms with E-state index in [1.165, 1.54) is 0 Å². The predicted octanol–water partition coefficient (Wildman–Crippen LogP) is 2.49. The predicted molar refractivity (Wildman–Crippen MR) is 55.4 cm³/mol. The summed E-state index contributed by atoms with van der Waals surface area (Å²) < 4.78 is 4.95. The molecule has 0 saturated carbocycles. The molecule has 0 amide bonds. The van der Waals surface area contributed by atoms with Gasteiger partial charge in [0.05, 0.1) is 6.61 Å². The van der Waals surface area contributed by atoms with Gasteiger partial charge in [-0.1, -0.05) is 20.8 Å². The van der Waals surface area contributed by atoms with Crippen LogP contribution in [0.4, 0.5) is 0 Å². The van der Waals surface area contributed by atoms with Gasteiger partial charge in [0.25, 0.3) is 0 Å². The van der Waals surface area contributed by atoms with E-state index in [1.54, 1.807) is 13.1 Å². The second-order valence-electron chi connectivity index (χ2n) is 4.24. The van der Waals surface area contributed by atoms with Gasteiger partial charge in [0.15, 0.2) is 0 Å². The lowest BCUT2D eigenvalue weighted by atomic mass is 9.87. The molecular weight excluding hydrogens is 178 g/mol. The van der Waals surface area contributed by atoms with Gasteiger partial charge in [-0.05, 0) is 24.0 Å². The second kappa shape index (κ2) is 3.86. The van der Waals surface area contributed by atoms with Crippen LogP contribution in [0.3, 0.4) is 0 Å². The van der Waals surface area contributed by atoms with Crippen molar-refractivity contribution in [3.8, 4) is 0 Å². The highest BCUT2D eigenvalue weighted by molar-refractivity contribution is 5.89. The number of ether oxygens (including phenoxy) is 1. The highest BCUT2D eigenvalue weighted by Gasteiger charge is 2.23. The molecule has 0 bridgehead atoms. The maximum absolute atomic E-state index is 11.5. The normalized spacial score (nSPS) is 11.4. The Morgan fingerprint density at radius 2 is 2.14 bits per heavy atom. The first-order valence-electron chi connectivity index (χ1n) is 4.81. The SMILES string of the molecule is CCOC(=O)c1[nH]ccc1C(C)(C)C. The number of aromatic nitrogens is 1. The standard InChI is InChI=1S/C11H17NO2/c1-5-14-10(13)9-8(6-7-12-9)11(2,3)4/h6-7,12H,5H2,1-4H3. The molecule has 0 saturated heterocycles. The molecule has 1 aromatic heterocycles. The summed E-state index contributed by atoms with van der Waals surface area (Å²) in [6, 6.07) is 1.92. The molecule has 14 heavy (non-hydrogen) atoms. The van der Waals surface area contributed by atoms with Crippen molar-refractivity contribution in [3.63, 3.8) is 0 Å². The quantitative estimate of drug-likeness (QED) is 0.737. The van der Waals surface area contributed by atoms with Gasteiger partial charge in [-0.25, -0.2) is 4.79 Å². The van der Waals surface area contributed by atoms with E-state index >= 15 is 0 Å². The Balaban J connectivity index is 2.99. The first kappa shape index (κ1) is 10.8. The zero-order valence-electron chi connectivity index (χ0n) is 9.18. The first-order valence-corrected chi connectivity index (χ1v) is 4.81. The van der Waals surface area contributed by atoms with Crippen LogP contribution in [0.1, 0.15) is 43.7 Å². The topological polar surface area (TPSA) is 42.1 Å². The van der Waals surface area contributed by atoms with E-state index in [0.29, 0.717) is 12.3 Å². The van der Waals surface area contributed by atoms with E-state index in [-0.39, 0.29) is 11.4 Å². The van der Waals surface area contributed by atoms with Crippen molar-refractivity contribution in [1.82, 2.24) is 4.98 Å². The van der Waals surface area contributed by atoms with Crippen LogP contribution >= 0.6 is 0 Å². The van der Waals surface area contributed by atoms with Crippen LogP contribution in [-0.2, 0) is 10.2 Å². The minimum absolute atomic E-state index is 0.0396. The first-order chi connectivity index (χ1) is 6.46. The molecule has 78 valence electrons. The summed E-state index contributed by atoms with van der Waals surface area (Å²) in [7, 11) is 0. The van der Waals surface area contributed by atoms with Crippen LogP contribution < -0.4 is 0 Å². The fraction of sp³-hybridized carbons (Fsp3) is 0.545. The molecule has 1 rings (SSSR count). The van der Waals surface area contributed by atoms with Gasteiger partial charge < -0.3 is 9.72 Å². The summed E-state index contributed by atoms with van der Waals surface area (Å²) in [6.07, 6.45) is 1.77. The van der Waals surface area contributed by atoms with Gasteiger partial charge in [0, 0.05) is 6.20 Å². The number of carbonyl (C=O) groups excluding carboxylic acids is 1. The number of hydrogen-bond donors (Lipinski definition) is 1. The van der Waals surface area contributed by atoms with Crippen LogP contribution in [0.5, 0.6) is 0 Å². The summed E-state index contributed by atoms with van der Waals surface area (Å²) >= 11 is 0. The number of aromatic amines is 1. The molecule has 3 nitrogen and oxygen atoms in total. The molecule has 0 spiro atoms. The molecule has 0 aliphatic carbocycles. The maximum atomic E-state index is 11.5. The molecule has 0 fully saturated rings. The van der Waals surface area contributed by atoms with Crippen LogP contribution in [0.15, 0.2) is 12.3 Å². The van der Waals surface area contributed by atoms with E-state index < -0.39 is 0 Å². The van der Waals surface area contributed by atoms with Crippen molar-refractivity contribution in [2.24, 2.45) is 0 Å². The number of carbonyl (C=O) groups is 1. The fourth-order valence-corrected chi connectivity index (χ4v) is 1.37. The van der Waals surface area contributed by atoms with Gasteiger partial charge in [-0.3, -0.25) is 0 Å². The monoisotopic (exact) mass is 195 g/mol. The van der Waals surface area contributed by atoms with Crippen molar-refractivity contribution < 1.29 is 9.53 Å². The largest absolute Gasteiger partial charge is 0.461 e. The summed E-state index contributed by atoms with van der Waals surface area (Å²) in [5.74, 6) is -0.276. The second-order valence-corrected chi connectivity index (χ2v) is 4.24. The van der Waals surface area contributed by atoms with Gasteiger partial charge in [-0.2, -0.15) is 0 Å². The molecular formula is C11H17NO2. The average Bonchev–Trinajstić information content (AvgIpc) is 2.50. The summed E-state index contributed by atoms with van der Waals surface area (Å²) in [6.45, 7) is 8.41. The number of rotatable bonds is 2. The third kappa shape index (κ3) is 2.16. The van der Waals surface area contributed by atoms with Crippen LogP contribution in [0.25, 0.3) is 0 Å². The summed E-state index contributed by atoms with van der Waals surface area (Å²) in [5.41, 5.74) is 1.53. The van der Waals surface area contributed by atoms with Crippen molar-refractivity contribution in [2.75, 3.05) is 6.61 Å². The summed E-state index contributed by atoms with van der Waals surface area (Å²) in [5, 5.41) is 0. The van der Waals surface area contributed by atoms with Gasteiger partial charge in [0.1, 0.15) is 5.69 Å². The van der Waals surface area contributed by atoms with E-state index in [4.69, 9.17) is 4.74 Å². The van der Waals surface area contributed by atoms with Crippen LogP contribution in [0.2, 0.25) is 0 Å². The smallest absolute Gasteiger partial charge is 0.355 e. The van der Waals surface area contributed by atoms with Gasteiger partial charge in [0.2, 0.25) is 0 Å². The van der Waals surface area contributed by atoms with Crippen molar-refractivity contribution in [1.29, 1.82) is 0 Å². The van der Waals surface area contributed by atoms with Crippen LogP contribution in [-0.4, -0.2) is 17.6 Å². The third-order valence-electron chi connectivity index (χ3n) is 2.03. The minimum Gasteiger partial charge on any atom is -0.461 e. The molecule has 1 heterocycles. The minimum atomic E-state index is -0.276. The number of hydrogen-bond acceptors (Lipinski definition) is 2. The molecule has 3 heteroatoms. The number of nitrogens with one attached hydrogen (secondary N) is 1. The molecule has 1 aromatic rings. The lowest BCUT2D eigenvalue weighted by Gasteiger charge is -2.18. The molecule has 0 radical (unpaired) electrons. The Bertz CT molecular complexity index is 320. The average molecular weight is 195 g/mol. The third-order valence-corrected chi connectivity index (χ3v) is 2.03. The van der Waals surface area contributed by atoms with Gasteiger partial charge >= 0.3 is 5.97 Å². The number of H-pyrrole nitrogens is 1. The highest BCUT2D eigenvalue weighted by Crippen LogP contribution is 2.25. The summed E-state index contributed by atoms with van der Waals surface area (Å²) in [4.78, 5) is 14.4. The molecule has 0 atom stereocenters. The Morgan fingerprint density at radius 1 is 1.50 bits per heavy atom. The zero-order chi connectivity index (χ0) is 10.8. The van der Waals surface area contributed by atoms with E-state index in [2.05, 4.69) is 25.8 Å². The zero-order valence-corrected chi connectivity index (χ0v) is 9.18. The Kier molecular flexibility index (Phi) is 2.99. The van der Waals surface area contributed by atoms with Crippen molar-refractivity contribution in [2.45, 2.75) is 33.1 Å². The Morgan fingerprint density at radius 3 is 2.64 bits per heavy atom. The maximum Gasteiger partial charge on any atom is 0.355 e. The van der Waals surface area contributed by atoms with Crippen molar-refractivity contribution >= 4 is 5.97 Å². The lowest BCUT2D eigenvalue weighted by molar-refractivity contribution is 0.0517. The van der Waals surface area contributed by atoms with Gasteiger partial charge in [-0.15, -0.1) is 0 Å². The molecule has 0 aliphatic rings.